The van der Waals surface area contributed by atoms with Gasteiger partial charge in [-0.3, -0.25) is 0 Å². The number of hydrogen-bond donors (Lipinski definition) is 0. The third-order valence-electron chi connectivity index (χ3n) is 2.01. The Morgan fingerprint density at radius 3 is 2.62 bits per heavy atom. The standard InChI is InChI=1S/C10H13BrClNO2S/c1-8(11)7-13(2)16(14,15)10-5-3-4-9(12)6-10/h3-6,8H,7H2,1-2H3. The summed E-state index contributed by atoms with van der Waals surface area (Å²) in [5.41, 5.74) is 0. The van der Waals surface area contributed by atoms with E-state index in [1.54, 1.807) is 19.2 Å². The Bertz CT molecular complexity index is 462. The van der Waals surface area contributed by atoms with Crippen molar-refractivity contribution in [2.24, 2.45) is 0 Å². The average Bonchev–Trinajstić information content (AvgIpc) is 2.16. The molecule has 0 bridgehead atoms. The highest BCUT2D eigenvalue weighted by Crippen LogP contribution is 2.19. The SMILES string of the molecule is CC(Br)CN(C)S(=O)(=O)c1cccc(Cl)c1. The fraction of sp³-hybridized carbons (Fsp3) is 0.400. The van der Waals surface area contributed by atoms with Crippen LogP contribution in [0, 0.1) is 0 Å². The first-order valence-corrected chi connectivity index (χ1v) is 7.43. The Morgan fingerprint density at radius 1 is 1.50 bits per heavy atom. The van der Waals surface area contributed by atoms with Crippen LogP contribution in [0.15, 0.2) is 29.2 Å². The highest BCUT2D eigenvalue weighted by Gasteiger charge is 2.21. The van der Waals surface area contributed by atoms with Gasteiger partial charge in [-0.2, -0.15) is 4.31 Å². The van der Waals surface area contributed by atoms with Gasteiger partial charge in [0, 0.05) is 23.4 Å². The molecule has 0 aliphatic rings. The largest absolute Gasteiger partial charge is 0.242 e. The van der Waals surface area contributed by atoms with E-state index < -0.39 is 10.0 Å². The zero-order valence-electron chi connectivity index (χ0n) is 9.02. The van der Waals surface area contributed by atoms with Crippen LogP contribution in [0.25, 0.3) is 0 Å². The first kappa shape index (κ1) is 14.0. The predicted molar refractivity (Wildman–Crippen MR) is 69.7 cm³/mol. The lowest BCUT2D eigenvalue weighted by atomic mass is 10.4. The Balaban J connectivity index is 3.02. The molecule has 0 saturated carbocycles. The normalized spacial score (nSPS) is 14.1. The van der Waals surface area contributed by atoms with Crippen LogP contribution in [-0.2, 0) is 10.0 Å². The summed E-state index contributed by atoms with van der Waals surface area (Å²) >= 11 is 9.09. The fourth-order valence-electron chi connectivity index (χ4n) is 1.26. The van der Waals surface area contributed by atoms with Crippen molar-refractivity contribution in [2.45, 2.75) is 16.6 Å². The van der Waals surface area contributed by atoms with E-state index in [1.165, 1.54) is 16.4 Å². The van der Waals surface area contributed by atoms with E-state index in [2.05, 4.69) is 15.9 Å². The molecule has 0 spiro atoms. The zero-order valence-corrected chi connectivity index (χ0v) is 12.2. The van der Waals surface area contributed by atoms with Gasteiger partial charge in [-0.25, -0.2) is 8.42 Å². The Morgan fingerprint density at radius 2 is 2.12 bits per heavy atom. The number of rotatable bonds is 4. The number of benzene rings is 1. The Hall–Kier alpha value is -0.100. The predicted octanol–water partition coefficient (Wildman–Crippen LogP) is 2.74. The van der Waals surface area contributed by atoms with E-state index in [1.807, 2.05) is 6.92 Å². The third-order valence-corrected chi connectivity index (χ3v) is 4.36. The molecule has 0 saturated heterocycles. The van der Waals surface area contributed by atoms with E-state index in [9.17, 15) is 8.42 Å². The summed E-state index contributed by atoms with van der Waals surface area (Å²) in [6.45, 7) is 2.30. The molecule has 1 unspecified atom stereocenters. The lowest BCUT2D eigenvalue weighted by Crippen LogP contribution is -2.31. The minimum atomic E-state index is -3.44. The molecule has 0 N–H and O–H groups in total. The number of alkyl halides is 1. The van der Waals surface area contributed by atoms with Gasteiger partial charge in [0.15, 0.2) is 0 Å². The summed E-state index contributed by atoms with van der Waals surface area (Å²) in [7, 11) is -1.89. The molecule has 0 aliphatic heterocycles. The van der Waals surface area contributed by atoms with E-state index in [0.29, 0.717) is 11.6 Å². The van der Waals surface area contributed by atoms with Gasteiger partial charge in [-0.05, 0) is 18.2 Å². The minimum absolute atomic E-state index is 0.103. The molecule has 1 aromatic rings. The van der Waals surface area contributed by atoms with Crippen LogP contribution in [0.2, 0.25) is 5.02 Å². The van der Waals surface area contributed by atoms with Crippen LogP contribution in [0.4, 0.5) is 0 Å². The lowest BCUT2D eigenvalue weighted by molar-refractivity contribution is 0.473. The molecule has 90 valence electrons. The topological polar surface area (TPSA) is 37.4 Å². The fourth-order valence-corrected chi connectivity index (χ4v) is 3.45. The maximum atomic E-state index is 12.1. The molecule has 0 fully saturated rings. The molecule has 0 aliphatic carbocycles. The van der Waals surface area contributed by atoms with Gasteiger partial charge >= 0.3 is 0 Å². The molecule has 1 atom stereocenters. The molecule has 0 aromatic heterocycles. The van der Waals surface area contributed by atoms with E-state index in [4.69, 9.17) is 11.6 Å². The number of hydrogen-bond acceptors (Lipinski definition) is 2. The molecule has 1 aromatic carbocycles. The summed E-state index contributed by atoms with van der Waals surface area (Å²) < 4.78 is 25.4. The van der Waals surface area contributed by atoms with Gasteiger partial charge < -0.3 is 0 Å². The van der Waals surface area contributed by atoms with E-state index >= 15 is 0 Å². The van der Waals surface area contributed by atoms with Crippen molar-refractivity contribution in [3.05, 3.63) is 29.3 Å². The highest BCUT2D eigenvalue weighted by atomic mass is 79.9. The van der Waals surface area contributed by atoms with Crippen molar-refractivity contribution in [1.82, 2.24) is 4.31 Å². The summed E-state index contributed by atoms with van der Waals surface area (Å²) in [4.78, 5) is 0.321. The van der Waals surface area contributed by atoms with E-state index in [-0.39, 0.29) is 9.72 Å². The Kier molecular flexibility index (Phi) is 4.79. The van der Waals surface area contributed by atoms with Crippen LogP contribution in [-0.4, -0.2) is 31.1 Å². The first-order valence-electron chi connectivity index (χ1n) is 4.70. The first-order chi connectivity index (χ1) is 7.34. The van der Waals surface area contributed by atoms with Gasteiger partial charge in [0.05, 0.1) is 4.90 Å². The lowest BCUT2D eigenvalue weighted by Gasteiger charge is -2.18. The van der Waals surface area contributed by atoms with Crippen molar-refractivity contribution in [3.8, 4) is 0 Å². The second kappa shape index (κ2) is 5.49. The van der Waals surface area contributed by atoms with Crippen LogP contribution in [0.1, 0.15) is 6.92 Å². The van der Waals surface area contributed by atoms with Crippen molar-refractivity contribution >= 4 is 37.6 Å². The van der Waals surface area contributed by atoms with Crippen LogP contribution >= 0.6 is 27.5 Å². The molecule has 0 radical (unpaired) electrons. The van der Waals surface area contributed by atoms with Crippen molar-refractivity contribution < 1.29 is 8.42 Å². The van der Waals surface area contributed by atoms with Gasteiger partial charge in [0.1, 0.15) is 0 Å². The second-order valence-electron chi connectivity index (χ2n) is 3.52. The molecule has 0 amide bonds. The number of halogens is 2. The summed E-state index contributed by atoms with van der Waals surface area (Å²) in [6.07, 6.45) is 0. The molecule has 0 heterocycles. The second-order valence-corrected chi connectivity index (χ2v) is 7.57. The molecule has 1 rings (SSSR count). The molecule has 6 heteroatoms. The average molecular weight is 327 g/mol. The van der Waals surface area contributed by atoms with Crippen molar-refractivity contribution in [1.29, 1.82) is 0 Å². The monoisotopic (exact) mass is 325 g/mol. The van der Waals surface area contributed by atoms with Gasteiger partial charge in [-0.15, -0.1) is 0 Å². The smallest absolute Gasteiger partial charge is 0.207 e. The van der Waals surface area contributed by atoms with Crippen LogP contribution < -0.4 is 0 Å². The zero-order chi connectivity index (χ0) is 12.3. The molecular formula is C10H13BrClNO2S. The minimum Gasteiger partial charge on any atom is -0.207 e. The van der Waals surface area contributed by atoms with Gasteiger partial charge in [0.25, 0.3) is 0 Å². The van der Waals surface area contributed by atoms with Crippen LogP contribution in [0.3, 0.4) is 0 Å². The third kappa shape index (κ3) is 3.45. The van der Waals surface area contributed by atoms with Crippen LogP contribution in [0.5, 0.6) is 0 Å². The summed E-state index contributed by atoms with van der Waals surface area (Å²) in [5.74, 6) is 0. The molecular weight excluding hydrogens is 314 g/mol. The molecule has 16 heavy (non-hydrogen) atoms. The maximum absolute atomic E-state index is 12.1. The number of nitrogens with zero attached hydrogens (tertiary/aromatic N) is 1. The quantitative estimate of drug-likeness (QED) is 0.798. The number of sulfonamides is 1. The van der Waals surface area contributed by atoms with E-state index in [0.717, 1.165) is 0 Å². The van der Waals surface area contributed by atoms with Gasteiger partial charge in [-0.1, -0.05) is 40.5 Å². The van der Waals surface area contributed by atoms with Crippen molar-refractivity contribution in [2.75, 3.05) is 13.6 Å². The van der Waals surface area contributed by atoms with Crippen molar-refractivity contribution in [3.63, 3.8) is 0 Å². The Labute approximate surface area is 110 Å². The highest BCUT2D eigenvalue weighted by molar-refractivity contribution is 9.09. The maximum Gasteiger partial charge on any atom is 0.242 e. The summed E-state index contributed by atoms with van der Waals surface area (Å²) in [6, 6.07) is 6.26. The van der Waals surface area contributed by atoms with Gasteiger partial charge in [0.2, 0.25) is 10.0 Å². The summed E-state index contributed by atoms with van der Waals surface area (Å²) in [5, 5.41) is 0.418. The molecule has 3 nitrogen and oxygen atoms in total.